The molecule has 0 aromatic rings. The number of hydrogen-bond donors (Lipinski definition) is 9. The van der Waals surface area contributed by atoms with Crippen molar-refractivity contribution in [2.24, 2.45) is 0 Å². The van der Waals surface area contributed by atoms with E-state index in [1.54, 1.807) is 19.1 Å². The lowest BCUT2D eigenvalue weighted by Crippen LogP contribution is -2.65. The number of ether oxygens (including phenoxy) is 4. The van der Waals surface area contributed by atoms with Crippen LogP contribution in [0.25, 0.3) is 0 Å². The molecule has 2 heterocycles. The van der Waals surface area contributed by atoms with E-state index in [1.807, 2.05) is 0 Å². The molecule has 2 aliphatic heterocycles. The Kier molecular flexibility index (Phi) is 18.1. The molecule has 12 unspecified atom stereocenters. The number of carbonyl (C=O) groups is 1. The van der Waals surface area contributed by atoms with Gasteiger partial charge in [0.15, 0.2) is 12.6 Å². The summed E-state index contributed by atoms with van der Waals surface area (Å²) in [5.74, 6) is -0.344. The van der Waals surface area contributed by atoms with Gasteiger partial charge in [-0.2, -0.15) is 0 Å². The summed E-state index contributed by atoms with van der Waals surface area (Å²) in [5, 5.41) is 84.5. The zero-order valence-electron chi connectivity index (χ0n) is 25.6. The molecule has 1 amide bonds. The lowest BCUT2D eigenvalue weighted by molar-refractivity contribution is -0.359. The molecule has 2 rings (SSSR count). The van der Waals surface area contributed by atoms with E-state index in [4.69, 9.17) is 18.9 Å². The molecule has 2 fully saturated rings. The Morgan fingerprint density at radius 1 is 0.795 bits per heavy atom. The Bertz CT molecular complexity index is 857. The summed E-state index contributed by atoms with van der Waals surface area (Å²) in [6, 6.07) is -0.920. The number of aliphatic hydroxyl groups excluding tert-OH is 8. The molecule has 14 nitrogen and oxygen atoms in total. The first kappa shape index (κ1) is 38.7. The molecule has 14 heteroatoms. The van der Waals surface area contributed by atoms with Crippen LogP contribution in [0.5, 0.6) is 0 Å². The van der Waals surface area contributed by atoms with Gasteiger partial charge in [-0.05, 0) is 25.7 Å². The topological polar surface area (TPSA) is 228 Å². The van der Waals surface area contributed by atoms with Crippen LogP contribution in [0.15, 0.2) is 24.3 Å². The van der Waals surface area contributed by atoms with Gasteiger partial charge in [-0.15, -0.1) is 0 Å². The van der Waals surface area contributed by atoms with Crippen molar-refractivity contribution < 1.29 is 64.6 Å². The van der Waals surface area contributed by atoms with E-state index < -0.39 is 86.8 Å². The number of nitrogens with one attached hydrogen (secondary N) is 1. The smallest absolute Gasteiger partial charge is 0.220 e. The Labute approximate surface area is 258 Å². The summed E-state index contributed by atoms with van der Waals surface area (Å²) >= 11 is 0. The molecule has 0 spiro atoms. The van der Waals surface area contributed by atoms with Crippen LogP contribution in [0.3, 0.4) is 0 Å². The normalized spacial score (nSPS) is 34.4. The van der Waals surface area contributed by atoms with Gasteiger partial charge in [0.2, 0.25) is 5.91 Å². The third-order valence-electron chi connectivity index (χ3n) is 7.70. The average Bonchev–Trinajstić information content (AvgIpc) is 3.02. The van der Waals surface area contributed by atoms with E-state index >= 15 is 0 Å². The fourth-order valence-corrected chi connectivity index (χ4v) is 4.91. The Morgan fingerprint density at radius 2 is 1.43 bits per heavy atom. The molecule has 2 aliphatic rings. The minimum atomic E-state index is -1.78. The van der Waals surface area contributed by atoms with Gasteiger partial charge in [0.25, 0.3) is 0 Å². The van der Waals surface area contributed by atoms with E-state index in [2.05, 4.69) is 24.4 Å². The molecule has 0 radical (unpaired) electrons. The minimum Gasteiger partial charge on any atom is -0.394 e. The van der Waals surface area contributed by atoms with Crippen molar-refractivity contribution in [1.82, 2.24) is 5.32 Å². The Morgan fingerprint density at radius 3 is 2.09 bits per heavy atom. The molecular formula is C30H53NO13. The maximum absolute atomic E-state index is 12.1. The molecular weight excluding hydrogens is 582 g/mol. The largest absolute Gasteiger partial charge is 0.394 e. The molecule has 44 heavy (non-hydrogen) atoms. The van der Waals surface area contributed by atoms with Crippen molar-refractivity contribution in [2.45, 2.75) is 139 Å². The quantitative estimate of drug-likeness (QED) is 0.0598. The van der Waals surface area contributed by atoms with Gasteiger partial charge in [0.1, 0.15) is 48.8 Å². The van der Waals surface area contributed by atoms with Crippen LogP contribution in [0.2, 0.25) is 0 Å². The van der Waals surface area contributed by atoms with E-state index in [0.717, 1.165) is 12.8 Å². The second kappa shape index (κ2) is 20.6. The summed E-state index contributed by atoms with van der Waals surface area (Å²) in [5.41, 5.74) is 0. The highest BCUT2D eigenvalue weighted by atomic mass is 16.7. The van der Waals surface area contributed by atoms with Crippen LogP contribution < -0.4 is 5.32 Å². The monoisotopic (exact) mass is 635 g/mol. The Hall–Kier alpha value is -1.53. The highest BCUT2D eigenvalue weighted by molar-refractivity contribution is 5.75. The number of aliphatic hydroxyl groups is 8. The minimum absolute atomic E-state index is 0.154. The first-order valence-corrected chi connectivity index (χ1v) is 15.6. The van der Waals surface area contributed by atoms with Crippen LogP contribution in [0.1, 0.15) is 65.2 Å². The first-order valence-electron chi connectivity index (χ1n) is 15.6. The second-order valence-electron chi connectivity index (χ2n) is 11.2. The molecule has 0 aromatic heterocycles. The highest BCUT2D eigenvalue weighted by Crippen LogP contribution is 2.29. The predicted molar refractivity (Wildman–Crippen MR) is 157 cm³/mol. The average molecular weight is 636 g/mol. The molecule has 9 N–H and O–H groups in total. The number of allylic oxidation sites excluding steroid dienone is 3. The summed E-state index contributed by atoms with van der Waals surface area (Å²) in [6.07, 6.45) is -1.89. The zero-order valence-corrected chi connectivity index (χ0v) is 25.6. The molecule has 0 saturated carbocycles. The van der Waals surface area contributed by atoms with Crippen molar-refractivity contribution >= 4 is 5.91 Å². The first-order chi connectivity index (χ1) is 21.1. The van der Waals surface area contributed by atoms with E-state index in [-0.39, 0.29) is 18.9 Å². The van der Waals surface area contributed by atoms with Crippen molar-refractivity contribution in [3.63, 3.8) is 0 Å². The summed E-state index contributed by atoms with van der Waals surface area (Å²) in [6.45, 7) is 2.08. The SMILES string of the molecule is CCCCCC/C=C/CC/C=C/C(O)C(COC1OC(CO)C(OC2OC(CO)C(O)C(O)C2O)C(O)C1O)NC(=O)CC. The zero-order chi connectivity index (χ0) is 32.6. The highest BCUT2D eigenvalue weighted by Gasteiger charge is 2.50. The standard InChI is InChI=1S/C30H53NO13/c1-3-5-6-7-8-9-10-11-12-13-14-19(34)18(31-22(35)4-2)17-41-29-27(40)25(38)28(21(16-33)43-29)44-30-26(39)24(37)23(36)20(15-32)42-30/h9-10,13-14,18-21,23-30,32-34,36-40H,3-8,11-12,15-17H2,1-2H3,(H,31,35)/b10-9+,14-13+. The predicted octanol–water partition coefficient (Wildman–Crippen LogP) is -1.25. The fourth-order valence-electron chi connectivity index (χ4n) is 4.91. The van der Waals surface area contributed by atoms with E-state index in [1.165, 1.54) is 25.7 Å². The van der Waals surface area contributed by atoms with Gasteiger partial charge in [-0.25, -0.2) is 0 Å². The molecule has 0 aromatic carbocycles. The lowest BCUT2D eigenvalue weighted by Gasteiger charge is -2.46. The van der Waals surface area contributed by atoms with Crippen molar-refractivity contribution in [3.8, 4) is 0 Å². The third-order valence-corrected chi connectivity index (χ3v) is 7.70. The van der Waals surface area contributed by atoms with E-state index in [0.29, 0.717) is 6.42 Å². The van der Waals surface area contributed by atoms with Gasteiger partial charge in [0.05, 0.1) is 32.0 Å². The molecule has 0 aliphatic carbocycles. The van der Waals surface area contributed by atoms with Gasteiger partial charge in [-0.1, -0.05) is 57.4 Å². The number of carbonyl (C=O) groups excluding carboxylic acids is 1. The van der Waals surface area contributed by atoms with E-state index in [9.17, 15) is 45.6 Å². The lowest BCUT2D eigenvalue weighted by atomic mass is 9.97. The van der Waals surface area contributed by atoms with Crippen LogP contribution in [-0.2, 0) is 23.7 Å². The van der Waals surface area contributed by atoms with Crippen LogP contribution in [0.4, 0.5) is 0 Å². The molecule has 0 bridgehead atoms. The third kappa shape index (κ3) is 11.7. The number of rotatable bonds is 19. The number of unbranched alkanes of at least 4 members (excludes halogenated alkanes) is 5. The van der Waals surface area contributed by atoms with Crippen molar-refractivity contribution in [1.29, 1.82) is 0 Å². The van der Waals surface area contributed by atoms with Gasteiger partial charge in [0, 0.05) is 6.42 Å². The summed E-state index contributed by atoms with van der Waals surface area (Å²) in [4.78, 5) is 12.1. The van der Waals surface area contributed by atoms with Crippen LogP contribution >= 0.6 is 0 Å². The molecule has 256 valence electrons. The van der Waals surface area contributed by atoms with Gasteiger partial charge < -0.3 is 65.1 Å². The van der Waals surface area contributed by atoms with Gasteiger partial charge in [-0.3, -0.25) is 4.79 Å². The van der Waals surface area contributed by atoms with Crippen molar-refractivity contribution in [3.05, 3.63) is 24.3 Å². The Balaban J connectivity index is 1.96. The maximum atomic E-state index is 12.1. The van der Waals surface area contributed by atoms with Gasteiger partial charge >= 0.3 is 0 Å². The molecule has 12 atom stereocenters. The van der Waals surface area contributed by atoms with Crippen molar-refractivity contribution in [2.75, 3.05) is 19.8 Å². The summed E-state index contributed by atoms with van der Waals surface area (Å²) < 4.78 is 22.1. The number of hydrogen-bond acceptors (Lipinski definition) is 13. The number of amides is 1. The van der Waals surface area contributed by atoms with Crippen LogP contribution in [0, 0.1) is 0 Å². The fraction of sp³-hybridized carbons (Fsp3) is 0.833. The maximum Gasteiger partial charge on any atom is 0.220 e. The molecule has 2 saturated heterocycles. The summed E-state index contributed by atoms with van der Waals surface area (Å²) in [7, 11) is 0. The second-order valence-corrected chi connectivity index (χ2v) is 11.2. The van der Waals surface area contributed by atoms with Crippen LogP contribution in [-0.4, -0.2) is 140 Å².